The van der Waals surface area contributed by atoms with Crippen LogP contribution < -0.4 is 10.5 Å². The van der Waals surface area contributed by atoms with Crippen molar-refractivity contribution in [2.75, 3.05) is 5.73 Å². The lowest BCUT2D eigenvalue weighted by Gasteiger charge is -2.11. The number of rotatable bonds is 2. The fraction of sp³-hybridized carbons (Fsp3) is 0.0769. The predicted molar refractivity (Wildman–Crippen MR) is 77.5 cm³/mol. The molecule has 0 atom stereocenters. The first-order valence-electron chi connectivity index (χ1n) is 5.16. The SMILES string of the molecule is Cc1cc(Oc2ccc(Br)cc2Br)c(N)cc1F. The molecule has 2 N–H and O–H groups in total. The molecule has 0 fully saturated rings. The molecule has 0 aliphatic carbocycles. The second-order valence-corrected chi connectivity index (χ2v) is 5.59. The lowest BCUT2D eigenvalue weighted by molar-refractivity contribution is 0.479. The molecule has 2 nitrogen and oxygen atoms in total. The maximum absolute atomic E-state index is 13.3. The first-order chi connectivity index (χ1) is 8.47. The Morgan fingerprint density at radius 1 is 1.11 bits per heavy atom. The molecule has 0 aliphatic rings. The Hall–Kier alpha value is -1.07. The maximum atomic E-state index is 13.3. The second-order valence-electron chi connectivity index (χ2n) is 3.82. The number of aryl methyl sites for hydroxylation is 1. The summed E-state index contributed by atoms with van der Waals surface area (Å²) in [5.41, 5.74) is 6.49. The fourth-order valence-electron chi connectivity index (χ4n) is 1.44. The summed E-state index contributed by atoms with van der Waals surface area (Å²) in [5, 5.41) is 0. The van der Waals surface area contributed by atoms with Gasteiger partial charge >= 0.3 is 0 Å². The van der Waals surface area contributed by atoms with Gasteiger partial charge in [-0.1, -0.05) is 15.9 Å². The molecule has 0 heterocycles. The van der Waals surface area contributed by atoms with E-state index < -0.39 is 0 Å². The highest BCUT2D eigenvalue weighted by molar-refractivity contribution is 9.11. The van der Waals surface area contributed by atoms with Crippen LogP contribution in [0.1, 0.15) is 5.56 Å². The van der Waals surface area contributed by atoms with Crippen LogP contribution in [-0.2, 0) is 0 Å². The molecule has 0 aromatic heterocycles. The van der Waals surface area contributed by atoms with Gasteiger partial charge in [0.15, 0.2) is 5.75 Å². The van der Waals surface area contributed by atoms with Gasteiger partial charge in [0.25, 0.3) is 0 Å². The summed E-state index contributed by atoms with van der Waals surface area (Å²) in [7, 11) is 0. The van der Waals surface area contributed by atoms with Gasteiger partial charge in [0, 0.05) is 10.5 Å². The van der Waals surface area contributed by atoms with Crippen LogP contribution in [0.15, 0.2) is 39.3 Å². The van der Waals surface area contributed by atoms with E-state index in [1.165, 1.54) is 6.07 Å². The van der Waals surface area contributed by atoms with Crippen LogP contribution in [0, 0.1) is 12.7 Å². The molecule has 18 heavy (non-hydrogen) atoms. The average Bonchev–Trinajstić information content (AvgIpc) is 2.29. The van der Waals surface area contributed by atoms with Crippen molar-refractivity contribution in [2.45, 2.75) is 6.92 Å². The average molecular weight is 375 g/mol. The highest BCUT2D eigenvalue weighted by Gasteiger charge is 2.09. The molecule has 0 bridgehead atoms. The molecule has 2 rings (SSSR count). The van der Waals surface area contributed by atoms with Crippen LogP contribution in [0.3, 0.4) is 0 Å². The summed E-state index contributed by atoms with van der Waals surface area (Å²) >= 11 is 6.75. The van der Waals surface area contributed by atoms with Crippen LogP contribution in [0.25, 0.3) is 0 Å². The van der Waals surface area contributed by atoms with E-state index in [-0.39, 0.29) is 11.5 Å². The number of anilines is 1. The molecule has 0 amide bonds. The van der Waals surface area contributed by atoms with Crippen molar-refractivity contribution in [3.63, 3.8) is 0 Å². The van der Waals surface area contributed by atoms with Gasteiger partial charge < -0.3 is 10.5 Å². The number of hydrogen-bond donors (Lipinski definition) is 1. The van der Waals surface area contributed by atoms with Crippen LogP contribution >= 0.6 is 31.9 Å². The molecule has 0 spiro atoms. The van der Waals surface area contributed by atoms with E-state index in [0.29, 0.717) is 17.1 Å². The highest BCUT2D eigenvalue weighted by Crippen LogP contribution is 2.35. The van der Waals surface area contributed by atoms with E-state index in [1.807, 2.05) is 12.1 Å². The van der Waals surface area contributed by atoms with Crippen LogP contribution in [0.2, 0.25) is 0 Å². The lowest BCUT2D eigenvalue weighted by Crippen LogP contribution is -1.95. The minimum Gasteiger partial charge on any atom is -0.454 e. The first kappa shape index (κ1) is 13.4. The number of benzene rings is 2. The zero-order valence-corrected chi connectivity index (χ0v) is 12.7. The maximum Gasteiger partial charge on any atom is 0.150 e. The Morgan fingerprint density at radius 2 is 1.83 bits per heavy atom. The van der Waals surface area contributed by atoms with Crippen molar-refractivity contribution in [1.82, 2.24) is 0 Å². The Balaban J connectivity index is 2.37. The van der Waals surface area contributed by atoms with E-state index in [1.54, 1.807) is 19.1 Å². The predicted octanol–water partition coefficient (Wildman–Crippen LogP) is 5.03. The first-order valence-corrected chi connectivity index (χ1v) is 6.74. The van der Waals surface area contributed by atoms with Gasteiger partial charge in [-0.25, -0.2) is 4.39 Å². The van der Waals surface area contributed by atoms with Crippen molar-refractivity contribution in [3.8, 4) is 11.5 Å². The smallest absolute Gasteiger partial charge is 0.150 e. The van der Waals surface area contributed by atoms with Gasteiger partial charge in [-0.3, -0.25) is 0 Å². The minimum absolute atomic E-state index is 0.271. The van der Waals surface area contributed by atoms with Crippen LogP contribution in [0.4, 0.5) is 10.1 Å². The van der Waals surface area contributed by atoms with E-state index in [4.69, 9.17) is 10.5 Å². The molecule has 0 saturated heterocycles. The standard InChI is InChI=1S/C13H10Br2FNO/c1-7-4-13(11(17)6-10(7)16)18-12-3-2-8(14)5-9(12)15/h2-6H,17H2,1H3. The summed E-state index contributed by atoms with van der Waals surface area (Å²) in [6.45, 7) is 1.66. The summed E-state index contributed by atoms with van der Waals surface area (Å²) < 4.78 is 20.7. The van der Waals surface area contributed by atoms with Crippen molar-refractivity contribution < 1.29 is 9.13 Å². The third kappa shape index (κ3) is 2.84. The van der Waals surface area contributed by atoms with Crippen LogP contribution in [-0.4, -0.2) is 0 Å². The molecule has 94 valence electrons. The minimum atomic E-state index is -0.338. The van der Waals surface area contributed by atoms with E-state index in [0.717, 1.165) is 8.95 Å². The largest absolute Gasteiger partial charge is 0.454 e. The molecule has 0 radical (unpaired) electrons. The normalized spacial score (nSPS) is 10.4. The van der Waals surface area contributed by atoms with Crippen molar-refractivity contribution in [2.24, 2.45) is 0 Å². The van der Waals surface area contributed by atoms with Crippen molar-refractivity contribution in [1.29, 1.82) is 0 Å². The lowest BCUT2D eigenvalue weighted by atomic mass is 10.2. The van der Waals surface area contributed by atoms with E-state index >= 15 is 0 Å². The molecular formula is C13H10Br2FNO. The van der Waals surface area contributed by atoms with Gasteiger partial charge in [-0.05, 0) is 52.7 Å². The Morgan fingerprint density at radius 3 is 2.50 bits per heavy atom. The number of nitrogens with two attached hydrogens (primary N) is 1. The van der Waals surface area contributed by atoms with Gasteiger partial charge in [0.1, 0.15) is 11.6 Å². The fourth-order valence-corrected chi connectivity index (χ4v) is 2.56. The molecule has 2 aromatic carbocycles. The number of hydrogen-bond acceptors (Lipinski definition) is 2. The van der Waals surface area contributed by atoms with E-state index in [2.05, 4.69) is 31.9 Å². The quantitative estimate of drug-likeness (QED) is 0.748. The highest BCUT2D eigenvalue weighted by atomic mass is 79.9. The summed E-state index contributed by atoms with van der Waals surface area (Å²) in [6, 6.07) is 8.36. The molecule has 0 unspecified atom stereocenters. The Kier molecular flexibility index (Phi) is 3.92. The summed E-state index contributed by atoms with van der Waals surface area (Å²) in [6.07, 6.45) is 0. The van der Waals surface area contributed by atoms with Gasteiger partial charge in [0.05, 0.1) is 10.2 Å². The van der Waals surface area contributed by atoms with Crippen LogP contribution in [0.5, 0.6) is 11.5 Å². The monoisotopic (exact) mass is 373 g/mol. The number of halogens is 3. The third-order valence-corrected chi connectivity index (χ3v) is 3.52. The number of ether oxygens (including phenoxy) is 1. The molecule has 0 saturated carbocycles. The van der Waals surface area contributed by atoms with Gasteiger partial charge in [-0.2, -0.15) is 0 Å². The van der Waals surface area contributed by atoms with E-state index in [9.17, 15) is 4.39 Å². The topological polar surface area (TPSA) is 35.2 Å². The zero-order valence-electron chi connectivity index (χ0n) is 9.51. The third-order valence-electron chi connectivity index (χ3n) is 2.40. The molecule has 2 aromatic rings. The Bertz CT molecular complexity index is 602. The Labute approximate surface area is 121 Å². The van der Waals surface area contributed by atoms with Gasteiger partial charge in [-0.15, -0.1) is 0 Å². The molecule has 5 heteroatoms. The van der Waals surface area contributed by atoms with Crippen molar-refractivity contribution in [3.05, 3.63) is 50.7 Å². The second kappa shape index (κ2) is 5.28. The molecular weight excluding hydrogens is 365 g/mol. The van der Waals surface area contributed by atoms with Gasteiger partial charge in [0.2, 0.25) is 0 Å². The van der Waals surface area contributed by atoms with Crippen molar-refractivity contribution >= 4 is 37.5 Å². The zero-order chi connectivity index (χ0) is 13.3. The summed E-state index contributed by atoms with van der Waals surface area (Å²) in [5.74, 6) is 0.725. The molecule has 0 aliphatic heterocycles. The number of nitrogen functional groups attached to an aromatic ring is 1. The summed E-state index contributed by atoms with van der Waals surface area (Å²) in [4.78, 5) is 0.